The standard InChI is InChI=1S/C15H26N2O2/c1-15(2)7-6-14(18)9-12(15)10-16-17-8-4-5-13(17)11-19-3/h10,12-13H,4-9,11H2,1-3H3/b16-10+/t12-,13+/m0/s1. The quantitative estimate of drug-likeness (QED) is 0.734. The van der Waals surface area contributed by atoms with E-state index in [1.54, 1.807) is 7.11 Å². The van der Waals surface area contributed by atoms with Crippen LogP contribution in [0.1, 0.15) is 46.0 Å². The summed E-state index contributed by atoms with van der Waals surface area (Å²) in [5, 5.41) is 6.79. The lowest BCUT2D eigenvalue weighted by molar-refractivity contribution is -0.123. The summed E-state index contributed by atoms with van der Waals surface area (Å²) in [6, 6.07) is 0.406. The van der Waals surface area contributed by atoms with Gasteiger partial charge < -0.3 is 4.74 Å². The summed E-state index contributed by atoms with van der Waals surface area (Å²) in [7, 11) is 1.74. The summed E-state index contributed by atoms with van der Waals surface area (Å²) in [4.78, 5) is 11.6. The van der Waals surface area contributed by atoms with Crippen LogP contribution in [0.3, 0.4) is 0 Å². The third-order valence-corrected chi connectivity index (χ3v) is 4.60. The van der Waals surface area contributed by atoms with Crippen LogP contribution in [0.2, 0.25) is 0 Å². The highest BCUT2D eigenvalue weighted by Gasteiger charge is 2.35. The predicted molar refractivity (Wildman–Crippen MR) is 76.2 cm³/mol. The monoisotopic (exact) mass is 266 g/mol. The van der Waals surface area contributed by atoms with Gasteiger partial charge in [-0.15, -0.1) is 0 Å². The van der Waals surface area contributed by atoms with Crippen molar-refractivity contribution in [2.24, 2.45) is 16.4 Å². The molecule has 0 amide bonds. The highest BCUT2D eigenvalue weighted by molar-refractivity contribution is 5.83. The summed E-state index contributed by atoms with van der Waals surface area (Å²) < 4.78 is 5.24. The Bertz CT molecular complexity index is 352. The lowest BCUT2D eigenvalue weighted by atomic mass is 9.69. The Labute approximate surface area is 116 Å². The first-order valence-corrected chi connectivity index (χ1v) is 7.34. The van der Waals surface area contributed by atoms with Gasteiger partial charge in [-0.25, -0.2) is 0 Å². The second kappa shape index (κ2) is 6.04. The number of rotatable bonds is 4. The van der Waals surface area contributed by atoms with Crippen LogP contribution in [0.15, 0.2) is 5.10 Å². The van der Waals surface area contributed by atoms with E-state index in [0.29, 0.717) is 18.2 Å². The van der Waals surface area contributed by atoms with E-state index in [0.717, 1.165) is 32.4 Å². The number of ketones is 1. The molecule has 2 atom stereocenters. The number of Topliss-reactive ketones (excluding diaryl/α,β-unsaturated/α-hetero) is 1. The van der Waals surface area contributed by atoms with E-state index in [9.17, 15) is 4.79 Å². The van der Waals surface area contributed by atoms with Crippen molar-refractivity contribution in [2.75, 3.05) is 20.3 Å². The van der Waals surface area contributed by atoms with Crippen LogP contribution in [-0.4, -0.2) is 43.3 Å². The van der Waals surface area contributed by atoms with Crippen LogP contribution in [0.25, 0.3) is 0 Å². The molecule has 1 saturated carbocycles. The average Bonchev–Trinajstić information content (AvgIpc) is 2.79. The van der Waals surface area contributed by atoms with Crippen molar-refractivity contribution < 1.29 is 9.53 Å². The van der Waals surface area contributed by atoms with Crippen molar-refractivity contribution in [2.45, 2.75) is 52.0 Å². The second-order valence-corrected chi connectivity index (χ2v) is 6.52. The number of hydrazone groups is 1. The molecule has 0 radical (unpaired) electrons. The highest BCUT2D eigenvalue weighted by atomic mass is 16.5. The van der Waals surface area contributed by atoms with E-state index >= 15 is 0 Å². The second-order valence-electron chi connectivity index (χ2n) is 6.52. The Kier molecular flexibility index (Phi) is 4.61. The lowest BCUT2D eigenvalue weighted by Gasteiger charge is -2.35. The fourth-order valence-electron chi connectivity index (χ4n) is 3.03. The molecule has 0 bridgehead atoms. The molecular weight excluding hydrogens is 240 g/mol. The van der Waals surface area contributed by atoms with Crippen LogP contribution >= 0.6 is 0 Å². The molecule has 0 spiro atoms. The number of hydrogen-bond donors (Lipinski definition) is 0. The SMILES string of the molecule is COC[C@H]1CCCN1/N=C/[C@@H]1CC(=O)CCC1(C)C. The molecule has 0 unspecified atom stereocenters. The van der Waals surface area contributed by atoms with E-state index in [2.05, 4.69) is 24.0 Å². The maximum atomic E-state index is 11.6. The van der Waals surface area contributed by atoms with E-state index in [4.69, 9.17) is 4.74 Å². The Hall–Kier alpha value is -0.900. The fraction of sp³-hybridized carbons (Fsp3) is 0.867. The van der Waals surface area contributed by atoms with Crippen molar-refractivity contribution in [3.05, 3.63) is 0 Å². The Balaban J connectivity index is 1.98. The van der Waals surface area contributed by atoms with Gasteiger partial charge in [-0.2, -0.15) is 5.10 Å². The van der Waals surface area contributed by atoms with Crippen molar-refractivity contribution in [1.29, 1.82) is 0 Å². The summed E-state index contributed by atoms with van der Waals surface area (Å²) in [5.41, 5.74) is 0.188. The normalized spacial score (nSPS) is 31.3. The van der Waals surface area contributed by atoms with Crippen LogP contribution in [0.4, 0.5) is 0 Å². The molecule has 1 saturated heterocycles. The molecule has 2 rings (SSSR count). The fourth-order valence-corrected chi connectivity index (χ4v) is 3.03. The van der Waals surface area contributed by atoms with Crippen LogP contribution in [0, 0.1) is 11.3 Å². The first-order chi connectivity index (χ1) is 9.03. The molecule has 2 aliphatic rings. The lowest BCUT2D eigenvalue weighted by Crippen LogP contribution is -2.34. The van der Waals surface area contributed by atoms with Crippen molar-refractivity contribution in [3.63, 3.8) is 0 Å². The van der Waals surface area contributed by atoms with Gasteiger partial charge in [-0.05, 0) is 24.7 Å². The highest BCUT2D eigenvalue weighted by Crippen LogP contribution is 2.38. The first-order valence-electron chi connectivity index (χ1n) is 7.34. The third-order valence-electron chi connectivity index (χ3n) is 4.60. The number of ether oxygens (including phenoxy) is 1. The molecule has 0 aromatic heterocycles. The van der Waals surface area contributed by atoms with Gasteiger partial charge in [0.15, 0.2) is 0 Å². The maximum Gasteiger partial charge on any atom is 0.133 e. The zero-order valence-electron chi connectivity index (χ0n) is 12.4. The molecule has 1 heterocycles. The number of hydrogen-bond acceptors (Lipinski definition) is 4. The van der Waals surface area contributed by atoms with Gasteiger partial charge >= 0.3 is 0 Å². The Morgan fingerprint density at radius 3 is 3.05 bits per heavy atom. The molecule has 4 nitrogen and oxygen atoms in total. The van der Waals surface area contributed by atoms with Gasteiger partial charge in [0.25, 0.3) is 0 Å². The molecule has 0 N–H and O–H groups in total. The van der Waals surface area contributed by atoms with Crippen LogP contribution in [0.5, 0.6) is 0 Å². The van der Waals surface area contributed by atoms with Gasteiger partial charge in [-0.1, -0.05) is 13.8 Å². The molecule has 0 aromatic rings. The predicted octanol–water partition coefficient (Wildman–Crippen LogP) is 2.48. The van der Waals surface area contributed by atoms with Crippen LogP contribution < -0.4 is 0 Å². The van der Waals surface area contributed by atoms with E-state index in [-0.39, 0.29) is 11.3 Å². The van der Waals surface area contributed by atoms with Gasteiger partial charge in [-0.3, -0.25) is 9.80 Å². The summed E-state index contributed by atoms with van der Waals surface area (Å²) >= 11 is 0. The average molecular weight is 266 g/mol. The Morgan fingerprint density at radius 1 is 1.53 bits per heavy atom. The minimum atomic E-state index is 0.188. The number of carbonyl (C=O) groups excluding carboxylic acids is 1. The Morgan fingerprint density at radius 2 is 2.32 bits per heavy atom. The zero-order valence-corrected chi connectivity index (χ0v) is 12.4. The summed E-state index contributed by atoms with van der Waals surface area (Å²) in [5.74, 6) is 0.656. The van der Waals surface area contributed by atoms with E-state index in [1.165, 1.54) is 6.42 Å². The molecular formula is C15H26N2O2. The van der Waals surface area contributed by atoms with E-state index < -0.39 is 0 Å². The van der Waals surface area contributed by atoms with Gasteiger partial charge in [0.1, 0.15) is 5.78 Å². The molecule has 1 aliphatic carbocycles. The van der Waals surface area contributed by atoms with Crippen LogP contribution in [-0.2, 0) is 9.53 Å². The molecule has 19 heavy (non-hydrogen) atoms. The number of nitrogens with zero attached hydrogens (tertiary/aromatic N) is 2. The molecule has 1 aliphatic heterocycles. The van der Waals surface area contributed by atoms with Gasteiger partial charge in [0, 0.05) is 38.6 Å². The molecule has 4 heteroatoms. The van der Waals surface area contributed by atoms with Crippen molar-refractivity contribution >= 4 is 12.0 Å². The minimum Gasteiger partial charge on any atom is -0.382 e. The summed E-state index contributed by atoms with van der Waals surface area (Å²) in [6.07, 6.45) is 6.71. The van der Waals surface area contributed by atoms with E-state index in [1.807, 2.05) is 6.21 Å². The largest absolute Gasteiger partial charge is 0.382 e. The molecule has 0 aromatic carbocycles. The zero-order chi connectivity index (χ0) is 13.9. The smallest absolute Gasteiger partial charge is 0.133 e. The third kappa shape index (κ3) is 3.56. The minimum absolute atomic E-state index is 0.188. The first kappa shape index (κ1) is 14.5. The molecule has 108 valence electrons. The number of methoxy groups -OCH3 is 1. The molecule has 2 fully saturated rings. The summed E-state index contributed by atoms with van der Waals surface area (Å²) in [6.45, 7) is 6.23. The topological polar surface area (TPSA) is 41.9 Å². The maximum absolute atomic E-state index is 11.6. The van der Waals surface area contributed by atoms with Gasteiger partial charge in [0.05, 0.1) is 12.6 Å². The van der Waals surface area contributed by atoms with Crippen molar-refractivity contribution in [1.82, 2.24) is 5.01 Å². The van der Waals surface area contributed by atoms with Gasteiger partial charge in [0.2, 0.25) is 0 Å². The number of carbonyl (C=O) groups is 1. The van der Waals surface area contributed by atoms with Crippen molar-refractivity contribution in [3.8, 4) is 0 Å².